The van der Waals surface area contributed by atoms with E-state index in [1.807, 2.05) is 20.8 Å². The van der Waals surface area contributed by atoms with Crippen LogP contribution in [-0.2, 0) is 13.3 Å². The van der Waals surface area contributed by atoms with Crippen molar-refractivity contribution in [2.75, 3.05) is 53.6 Å². The lowest BCUT2D eigenvalue weighted by atomic mass is 10.3. The number of rotatable bonds is 18. The molecular weight excluding hydrogens is 372 g/mol. The molecule has 0 rings (SSSR count). The highest BCUT2D eigenvalue weighted by Gasteiger charge is 2.40. The summed E-state index contributed by atoms with van der Waals surface area (Å²) >= 11 is 0. The number of hydrogen-bond acceptors (Lipinski definition) is 5. The summed E-state index contributed by atoms with van der Waals surface area (Å²) in [7, 11) is 0.535. The lowest BCUT2D eigenvalue weighted by Crippen LogP contribution is -2.54. The second-order valence-electron chi connectivity index (χ2n) is 7.51. The Morgan fingerprint density at radius 1 is 0.630 bits per heavy atom. The fraction of sp³-hybridized carbons (Fsp3) is 1.00. The van der Waals surface area contributed by atoms with Crippen molar-refractivity contribution in [2.24, 2.45) is 0 Å². The van der Waals surface area contributed by atoms with Crippen LogP contribution in [0.25, 0.3) is 0 Å². The van der Waals surface area contributed by atoms with Crippen LogP contribution in [0.15, 0.2) is 0 Å². The third kappa shape index (κ3) is 9.52. The van der Waals surface area contributed by atoms with Gasteiger partial charge in [0, 0.05) is 39.0 Å². The fourth-order valence-corrected chi connectivity index (χ4v) is 10.7. The molecule has 0 saturated carbocycles. The van der Waals surface area contributed by atoms with Crippen LogP contribution in [0.5, 0.6) is 0 Å². The SMILES string of the molecule is CCO[Si](CCCCN(CCN(C)C)[Si](CC)(CC)CC)(OCC)OCC. The van der Waals surface area contributed by atoms with E-state index in [1.165, 1.54) is 37.6 Å². The molecule has 0 aliphatic rings. The molecule has 0 unspecified atom stereocenters. The van der Waals surface area contributed by atoms with Crippen LogP contribution < -0.4 is 0 Å². The van der Waals surface area contributed by atoms with Gasteiger partial charge in [-0.2, -0.15) is 0 Å². The van der Waals surface area contributed by atoms with Gasteiger partial charge in [-0.15, -0.1) is 0 Å². The van der Waals surface area contributed by atoms with E-state index in [0.29, 0.717) is 19.8 Å². The molecule has 7 heteroatoms. The van der Waals surface area contributed by atoms with Gasteiger partial charge in [0.15, 0.2) is 0 Å². The fourth-order valence-electron chi connectivity index (χ4n) is 3.97. The topological polar surface area (TPSA) is 34.2 Å². The first-order valence-corrected chi connectivity index (χ1v) is 15.7. The maximum absolute atomic E-state index is 6.01. The second kappa shape index (κ2) is 15.1. The van der Waals surface area contributed by atoms with Crippen molar-refractivity contribution in [1.82, 2.24) is 9.47 Å². The van der Waals surface area contributed by atoms with E-state index in [1.54, 1.807) is 0 Å². The summed E-state index contributed by atoms with van der Waals surface area (Å²) in [4.78, 5) is 2.31. The molecule has 0 radical (unpaired) electrons. The standard InChI is InChI=1S/C20H48N2O3Si2/c1-9-23-27(24-10-2,25-11-3)20-16-15-17-22(19-18-21(7)8)26(12-4,13-5)14-6/h9-20H2,1-8H3. The molecule has 0 amide bonds. The van der Waals surface area contributed by atoms with Gasteiger partial charge >= 0.3 is 8.80 Å². The van der Waals surface area contributed by atoms with Gasteiger partial charge < -0.3 is 22.7 Å². The third-order valence-corrected chi connectivity index (χ3v) is 14.6. The molecule has 0 saturated heterocycles. The van der Waals surface area contributed by atoms with E-state index >= 15 is 0 Å². The van der Waals surface area contributed by atoms with E-state index < -0.39 is 17.0 Å². The molecule has 0 bridgehead atoms. The van der Waals surface area contributed by atoms with Crippen molar-refractivity contribution in [1.29, 1.82) is 0 Å². The van der Waals surface area contributed by atoms with Crippen LogP contribution in [-0.4, -0.2) is 80.1 Å². The molecule has 5 nitrogen and oxygen atoms in total. The Morgan fingerprint density at radius 3 is 1.48 bits per heavy atom. The van der Waals surface area contributed by atoms with Crippen molar-refractivity contribution in [2.45, 2.75) is 78.6 Å². The predicted octanol–water partition coefficient (Wildman–Crippen LogP) is 4.68. The summed E-state index contributed by atoms with van der Waals surface area (Å²) in [6.07, 6.45) is 2.32. The average molecular weight is 421 g/mol. The summed E-state index contributed by atoms with van der Waals surface area (Å²) in [5, 5.41) is 0. The first-order chi connectivity index (χ1) is 12.9. The summed E-state index contributed by atoms with van der Waals surface area (Å²) in [6, 6.07) is 4.98. The Balaban J connectivity index is 4.89. The second-order valence-corrected chi connectivity index (χ2v) is 15.4. The maximum atomic E-state index is 6.01. The Labute approximate surface area is 172 Å². The summed E-state index contributed by atoms with van der Waals surface area (Å²) in [5.41, 5.74) is 0. The third-order valence-electron chi connectivity index (χ3n) is 5.72. The van der Waals surface area contributed by atoms with Gasteiger partial charge in [0.05, 0.1) is 0 Å². The van der Waals surface area contributed by atoms with E-state index in [0.717, 1.165) is 19.0 Å². The van der Waals surface area contributed by atoms with E-state index in [2.05, 4.69) is 44.3 Å². The molecule has 0 aromatic rings. The minimum atomic E-state index is -2.49. The van der Waals surface area contributed by atoms with E-state index in [-0.39, 0.29) is 0 Å². The van der Waals surface area contributed by atoms with Gasteiger partial charge in [0.1, 0.15) is 8.24 Å². The molecule has 0 aliphatic heterocycles. The van der Waals surface area contributed by atoms with Crippen LogP contribution in [0, 0.1) is 0 Å². The molecule has 0 aliphatic carbocycles. The van der Waals surface area contributed by atoms with Crippen molar-refractivity contribution in [3.8, 4) is 0 Å². The molecule has 0 N–H and O–H groups in total. The van der Waals surface area contributed by atoms with E-state index in [9.17, 15) is 0 Å². The zero-order valence-corrected chi connectivity index (χ0v) is 21.6. The molecule has 0 atom stereocenters. The number of unbranched alkanes of at least 4 members (excludes halogenated alkanes) is 1. The smallest absolute Gasteiger partial charge is 0.374 e. The molecule has 0 aromatic heterocycles. The zero-order chi connectivity index (χ0) is 20.8. The maximum Gasteiger partial charge on any atom is 0.500 e. The Kier molecular flexibility index (Phi) is 15.3. The number of nitrogens with zero attached hydrogens (tertiary/aromatic N) is 2. The summed E-state index contributed by atoms with van der Waals surface area (Å²) < 4.78 is 20.9. The Bertz CT molecular complexity index is 331. The van der Waals surface area contributed by atoms with Gasteiger partial charge in [-0.3, -0.25) is 0 Å². The molecule has 0 heterocycles. The van der Waals surface area contributed by atoms with Crippen LogP contribution in [0.3, 0.4) is 0 Å². The van der Waals surface area contributed by atoms with Crippen LogP contribution in [0.2, 0.25) is 24.2 Å². The predicted molar refractivity (Wildman–Crippen MR) is 122 cm³/mol. The normalized spacial score (nSPS) is 13.1. The largest absolute Gasteiger partial charge is 0.500 e. The van der Waals surface area contributed by atoms with Crippen molar-refractivity contribution in [3.63, 3.8) is 0 Å². The van der Waals surface area contributed by atoms with Gasteiger partial charge in [0.2, 0.25) is 0 Å². The van der Waals surface area contributed by atoms with Crippen LogP contribution in [0.4, 0.5) is 0 Å². The zero-order valence-electron chi connectivity index (χ0n) is 19.6. The summed E-state index contributed by atoms with van der Waals surface area (Å²) in [6.45, 7) is 18.8. The lowest BCUT2D eigenvalue weighted by molar-refractivity contribution is 0.0706. The lowest BCUT2D eigenvalue weighted by Gasteiger charge is -2.41. The van der Waals surface area contributed by atoms with Gasteiger partial charge in [-0.25, -0.2) is 0 Å². The first kappa shape index (κ1) is 27.2. The van der Waals surface area contributed by atoms with Crippen molar-refractivity contribution in [3.05, 3.63) is 0 Å². The minimum absolute atomic E-state index is 0.665. The molecule has 0 fully saturated rings. The highest BCUT2D eigenvalue weighted by molar-refractivity contribution is 6.77. The highest BCUT2D eigenvalue weighted by atomic mass is 28.4. The molecule has 0 spiro atoms. The highest BCUT2D eigenvalue weighted by Crippen LogP contribution is 2.26. The molecule has 0 aromatic carbocycles. The van der Waals surface area contributed by atoms with Crippen molar-refractivity contribution >= 4 is 17.0 Å². The minimum Gasteiger partial charge on any atom is -0.374 e. The summed E-state index contributed by atoms with van der Waals surface area (Å²) in [5.74, 6) is 0. The van der Waals surface area contributed by atoms with Gasteiger partial charge in [-0.05, 0) is 72.4 Å². The van der Waals surface area contributed by atoms with Crippen LogP contribution >= 0.6 is 0 Å². The Morgan fingerprint density at radius 2 is 1.11 bits per heavy atom. The molecule has 27 heavy (non-hydrogen) atoms. The molecule has 164 valence electrons. The first-order valence-electron chi connectivity index (χ1n) is 11.2. The Hall–Kier alpha value is 0.234. The monoisotopic (exact) mass is 420 g/mol. The number of likely N-dealkylation sites (N-methyl/N-ethyl adjacent to an activating group) is 1. The van der Waals surface area contributed by atoms with Gasteiger partial charge in [0.25, 0.3) is 0 Å². The van der Waals surface area contributed by atoms with Crippen LogP contribution in [0.1, 0.15) is 54.4 Å². The average Bonchev–Trinajstić information content (AvgIpc) is 2.64. The van der Waals surface area contributed by atoms with Crippen molar-refractivity contribution < 1.29 is 13.3 Å². The van der Waals surface area contributed by atoms with E-state index in [4.69, 9.17) is 13.3 Å². The van der Waals surface area contributed by atoms with Gasteiger partial charge in [-0.1, -0.05) is 20.8 Å². The number of hydrogen-bond donors (Lipinski definition) is 0. The molecular formula is C20H48N2O3Si2. The quantitative estimate of drug-likeness (QED) is 0.237.